The number of nitrogens with zero attached hydrogens (tertiary/aromatic N) is 3. The van der Waals surface area contributed by atoms with Crippen LogP contribution in [0.15, 0.2) is 36.4 Å². The summed E-state index contributed by atoms with van der Waals surface area (Å²) in [6.45, 7) is 4.51. The minimum atomic E-state index is -0.0260. The number of ether oxygens (including phenoxy) is 1. The van der Waals surface area contributed by atoms with Gasteiger partial charge in [-0.15, -0.1) is 11.3 Å². The molecule has 1 saturated carbocycles. The van der Waals surface area contributed by atoms with Crippen LogP contribution in [0.1, 0.15) is 60.3 Å². The minimum Gasteiger partial charge on any atom is -0.372 e. The molecule has 1 aromatic carbocycles. The van der Waals surface area contributed by atoms with E-state index in [-0.39, 0.29) is 17.6 Å². The molecule has 2 saturated heterocycles. The Bertz CT molecular complexity index is 1150. The van der Waals surface area contributed by atoms with E-state index >= 15 is 0 Å². The molecule has 4 heterocycles. The third kappa shape index (κ3) is 4.17. The van der Waals surface area contributed by atoms with Crippen LogP contribution in [0.2, 0.25) is 0 Å². The molecule has 34 heavy (non-hydrogen) atoms. The molecule has 8 heteroatoms. The molecule has 3 aliphatic rings. The van der Waals surface area contributed by atoms with E-state index in [0.29, 0.717) is 12.6 Å². The highest BCUT2D eigenvalue weighted by Crippen LogP contribution is 2.35. The van der Waals surface area contributed by atoms with Gasteiger partial charge in [0.15, 0.2) is 0 Å². The van der Waals surface area contributed by atoms with E-state index in [1.54, 1.807) is 0 Å². The van der Waals surface area contributed by atoms with Crippen LogP contribution < -0.4 is 5.32 Å². The van der Waals surface area contributed by atoms with Crippen molar-refractivity contribution in [2.75, 3.05) is 19.8 Å². The molecule has 1 atom stereocenters. The first-order chi connectivity index (χ1) is 16.6. The van der Waals surface area contributed by atoms with Gasteiger partial charge in [0, 0.05) is 30.6 Å². The van der Waals surface area contributed by atoms with Gasteiger partial charge in [-0.2, -0.15) is 10.2 Å². The van der Waals surface area contributed by atoms with Gasteiger partial charge in [-0.25, -0.2) is 4.68 Å². The quantitative estimate of drug-likeness (QED) is 0.590. The van der Waals surface area contributed by atoms with Crippen molar-refractivity contribution in [3.05, 3.63) is 47.0 Å². The fourth-order valence-corrected chi connectivity index (χ4v) is 6.76. The number of aryl methyl sites for hydroxylation is 1. The van der Waals surface area contributed by atoms with E-state index in [1.807, 2.05) is 48.0 Å². The molecule has 3 aromatic rings. The van der Waals surface area contributed by atoms with Crippen LogP contribution in [0.25, 0.3) is 15.9 Å². The second-order valence-corrected chi connectivity index (χ2v) is 11.0. The van der Waals surface area contributed by atoms with Gasteiger partial charge in [0.2, 0.25) is 0 Å². The van der Waals surface area contributed by atoms with Gasteiger partial charge >= 0.3 is 0 Å². The van der Waals surface area contributed by atoms with Crippen molar-refractivity contribution < 1.29 is 14.4 Å². The molecule has 0 radical (unpaired) electrons. The summed E-state index contributed by atoms with van der Waals surface area (Å²) in [6.07, 6.45) is 7.41. The van der Waals surface area contributed by atoms with Gasteiger partial charge < -0.3 is 10.1 Å². The first kappa shape index (κ1) is 22.2. The van der Waals surface area contributed by atoms with Crippen molar-refractivity contribution in [2.24, 2.45) is 0 Å². The number of hydrogen-bond donors (Lipinski definition) is 1. The van der Waals surface area contributed by atoms with Crippen LogP contribution >= 0.6 is 11.3 Å². The largest absolute Gasteiger partial charge is 0.372 e. The van der Waals surface area contributed by atoms with Gasteiger partial charge in [-0.3, -0.25) is 9.63 Å². The third-order valence-corrected chi connectivity index (χ3v) is 8.78. The molecule has 1 N–H and O–H groups in total. The summed E-state index contributed by atoms with van der Waals surface area (Å²) in [5.41, 5.74) is 1.93. The molecule has 2 aromatic heterocycles. The Morgan fingerprint density at radius 2 is 2.00 bits per heavy atom. The maximum absolute atomic E-state index is 13.1. The van der Waals surface area contributed by atoms with E-state index in [4.69, 9.17) is 9.57 Å². The lowest BCUT2D eigenvalue weighted by Crippen LogP contribution is -2.51. The molecular weight excluding hydrogens is 448 g/mol. The SMILES string of the molecule is Cc1nn(-c2ccccc2)c2sc(C(=O)NC3CCC(N4CCC5(CCCO5)CO4)CC3)cc12. The van der Waals surface area contributed by atoms with Gasteiger partial charge in [-0.05, 0) is 70.1 Å². The number of carbonyl (C=O) groups excluding carboxylic acids is 1. The minimum absolute atomic E-state index is 0.0260. The number of aromatic nitrogens is 2. The van der Waals surface area contributed by atoms with Crippen molar-refractivity contribution in [1.29, 1.82) is 0 Å². The van der Waals surface area contributed by atoms with Crippen LogP contribution in [0.3, 0.4) is 0 Å². The Morgan fingerprint density at radius 1 is 1.18 bits per heavy atom. The smallest absolute Gasteiger partial charge is 0.261 e. The lowest BCUT2D eigenvalue weighted by molar-refractivity contribution is -0.262. The average molecular weight is 481 g/mol. The summed E-state index contributed by atoms with van der Waals surface area (Å²) in [5, 5.41) is 11.2. The predicted molar refractivity (Wildman–Crippen MR) is 132 cm³/mol. The van der Waals surface area contributed by atoms with Crippen molar-refractivity contribution in [3.63, 3.8) is 0 Å². The normalized spacial score (nSPS) is 28.0. The molecular formula is C26H32N4O3S. The van der Waals surface area contributed by atoms with E-state index in [2.05, 4.69) is 15.5 Å². The number of thiophene rings is 1. The fourth-order valence-electron chi connectivity index (χ4n) is 5.67. The monoisotopic (exact) mass is 480 g/mol. The number of carbonyl (C=O) groups is 1. The molecule has 180 valence electrons. The Balaban J connectivity index is 1.06. The van der Waals surface area contributed by atoms with Gasteiger partial charge in [-0.1, -0.05) is 18.2 Å². The molecule has 3 fully saturated rings. The maximum atomic E-state index is 13.1. The average Bonchev–Trinajstić information content (AvgIpc) is 3.58. The summed E-state index contributed by atoms with van der Waals surface area (Å²) < 4.78 is 7.91. The zero-order chi connectivity index (χ0) is 23.1. The van der Waals surface area contributed by atoms with Crippen LogP contribution in [-0.4, -0.2) is 58.2 Å². The van der Waals surface area contributed by atoms with Crippen LogP contribution in [0, 0.1) is 6.92 Å². The maximum Gasteiger partial charge on any atom is 0.261 e. The van der Waals surface area contributed by atoms with E-state index in [9.17, 15) is 4.79 Å². The molecule has 1 aliphatic carbocycles. The molecule has 6 rings (SSSR count). The molecule has 7 nitrogen and oxygen atoms in total. The Labute approximate surface area is 204 Å². The van der Waals surface area contributed by atoms with Gasteiger partial charge in [0.1, 0.15) is 4.83 Å². The summed E-state index contributed by atoms with van der Waals surface area (Å²) in [6, 6.07) is 12.7. The van der Waals surface area contributed by atoms with Crippen molar-refractivity contribution in [2.45, 2.75) is 69.6 Å². The lowest BCUT2D eigenvalue weighted by Gasteiger charge is -2.43. The first-order valence-electron chi connectivity index (χ1n) is 12.5. The van der Waals surface area contributed by atoms with Crippen molar-refractivity contribution in [1.82, 2.24) is 20.2 Å². The first-order valence-corrected chi connectivity index (χ1v) is 13.3. The zero-order valence-corrected chi connectivity index (χ0v) is 20.5. The number of amides is 1. The number of benzene rings is 1. The molecule has 0 bridgehead atoms. The van der Waals surface area contributed by atoms with E-state index in [0.717, 1.165) is 84.6 Å². The standard InChI is InChI=1S/C26H32N4O3S/c1-18-22-16-23(34-25(22)30(28-18)21-6-3-2-4-7-21)24(31)27-19-8-10-20(11-9-19)29-14-13-26(17-33-29)12-5-15-32-26/h2-4,6-7,16,19-20H,5,8-15,17H2,1H3,(H,27,31). The van der Waals surface area contributed by atoms with Gasteiger partial charge in [0.25, 0.3) is 5.91 Å². The summed E-state index contributed by atoms with van der Waals surface area (Å²) in [5.74, 6) is 0.0261. The Hall–Kier alpha value is -2.26. The fraction of sp³-hybridized carbons (Fsp3) is 0.538. The highest BCUT2D eigenvalue weighted by molar-refractivity contribution is 7.20. The van der Waals surface area contributed by atoms with Crippen LogP contribution in [0.4, 0.5) is 0 Å². The number of nitrogens with one attached hydrogen (secondary N) is 1. The van der Waals surface area contributed by atoms with Gasteiger partial charge in [0.05, 0.1) is 28.5 Å². The van der Waals surface area contributed by atoms with Crippen LogP contribution in [0.5, 0.6) is 0 Å². The lowest BCUT2D eigenvalue weighted by atomic mass is 9.89. The number of hydrogen-bond acceptors (Lipinski definition) is 6. The third-order valence-electron chi connectivity index (χ3n) is 7.67. The Kier molecular flexibility index (Phi) is 5.93. The van der Waals surface area contributed by atoms with Crippen molar-refractivity contribution in [3.8, 4) is 5.69 Å². The zero-order valence-electron chi connectivity index (χ0n) is 19.7. The summed E-state index contributed by atoms with van der Waals surface area (Å²) in [7, 11) is 0. The second kappa shape index (κ2) is 9.07. The molecule has 2 aliphatic heterocycles. The molecule has 1 spiro atoms. The van der Waals surface area contributed by atoms with Crippen LogP contribution in [-0.2, 0) is 9.57 Å². The second-order valence-electron chi connectivity index (χ2n) is 9.94. The van der Waals surface area contributed by atoms with E-state index in [1.165, 1.54) is 11.3 Å². The number of rotatable bonds is 4. The summed E-state index contributed by atoms with van der Waals surface area (Å²) in [4.78, 5) is 21.0. The predicted octanol–water partition coefficient (Wildman–Crippen LogP) is 4.62. The molecule has 1 amide bonds. The van der Waals surface area contributed by atoms with E-state index < -0.39 is 0 Å². The topological polar surface area (TPSA) is 68.6 Å². The summed E-state index contributed by atoms with van der Waals surface area (Å²) >= 11 is 1.52. The highest BCUT2D eigenvalue weighted by Gasteiger charge is 2.41. The van der Waals surface area contributed by atoms with Crippen molar-refractivity contribution >= 4 is 27.5 Å². The highest BCUT2D eigenvalue weighted by atomic mass is 32.1. The number of para-hydroxylation sites is 1. The number of fused-ring (bicyclic) bond motifs is 1. The number of hydroxylamine groups is 2. The Morgan fingerprint density at radius 3 is 2.71 bits per heavy atom. The molecule has 1 unspecified atom stereocenters.